The van der Waals surface area contributed by atoms with Crippen molar-refractivity contribution in [1.29, 1.82) is 0 Å². The maximum atomic E-state index is 12.5. The summed E-state index contributed by atoms with van der Waals surface area (Å²) in [6.07, 6.45) is 1.56. The van der Waals surface area contributed by atoms with E-state index < -0.39 is 17.1 Å². The van der Waals surface area contributed by atoms with Crippen LogP contribution in [0.25, 0.3) is 6.08 Å². The molecule has 2 saturated heterocycles. The monoisotopic (exact) mass is 390 g/mol. The average molecular weight is 390 g/mol. The second kappa shape index (κ2) is 8.36. The number of nitrogens with zero attached hydrogens (tertiary/aromatic N) is 2. The molecule has 1 aromatic rings. The molecule has 2 heterocycles. The molecule has 0 spiro atoms. The largest absolute Gasteiger partial charge is 0.465 e. The van der Waals surface area contributed by atoms with E-state index in [1.807, 2.05) is 0 Å². The number of ether oxygens (including phenoxy) is 2. The third-order valence-corrected chi connectivity index (χ3v) is 5.07. The minimum absolute atomic E-state index is 0.237. The van der Waals surface area contributed by atoms with E-state index in [1.54, 1.807) is 35.2 Å². The summed E-state index contributed by atoms with van der Waals surface area (Å²) >= 11 is 0.792. The van der Waals surface area contributed by atoms with Crippen LogP contribution in [-0.4, -0.2) is 72.8 Å². The van der Waals surface area contributed by atoms with Gasteiger partial charge in [0.2, 0.25) is 5.91 Å². The predicted molar refractivity (Wildman–Crippen MR) is 97.9 cm³/mol. The average Bonchev–Trinajstić information content (AvgIpc) is 2.96. The second-order valence-corrected chi connectivity index (χ2v) is 6.87. The van der Waals surface area contributed by atoms with Gasteiger partial charge < -0.3 is 14.4 Å². The van der Waals surface area contributed by atoms with E-state index in [0.29, 0.717) is 37.4 Å². The van der Waals surface area contributed by atoms with E-state index in [2.05, 4.69) is 4.74 Å². The highest BCUT2D eigenvalue weighted by Crippen LogP contribution is 2.32. The summed E-state index contributed by atoms with van der Waals surface area (Å²) in [6, 6.07) is 6.45. The fourth-order valence-corrected chi connectivity index (χ4v) is 3.51. The van der Waals surface area contributed by atoms with Crippen LogP contribution in [0.1, 0.15) is 15.9 Å². The van der Waals surface area contributed by atoms with Gasteiger partial charge in [-0.15, -0.1) is 0 Å². The second-order valence-electron chi connectivity index (χ2n) is 5.87. The Balaban J connectivity index is 1.68. The highest BCUT2D eigenvalue weighted by molar-refractivity contribution is 8.18. The smallest absolute Gasteiger partial charge is 0.337 e. The van der Waals surface area contributed by atoms with E-state index in [4.69, 9.17) is 4.74 Å². The Morgan fingerprint density at radius 2 is 1.85 bits per heavy atom. The van der Waals surface area contributed by atoms with Gasteiger partial charge in [-0.2, -0.15) is 0 Å². The van der Waals surface area contributed by atoms with Crippen LogP contribution in [0.2, 0.25) is 0 Å². The van der Waals surface area contributed by atoms with Crippen molar-refractivity contribution in [3.63, 3.8) is 0 Å². The van der Waals surface area contributed by atoms with E-state index in [1.165, 1.54) is 7.11 Å². The zero-order valence-corrected chi connectivity index (χ0v) is 15.5. The molecule has 1 aromatic carbocycles. The molecule has 8 nitrogen and oxygen atoms in total. The van der Waals surface area contributed by atoms with Crippen molar-refractivity contribution in [3.8, 4) is 0 Å². The van der Waals surface area contributed by atoms with Crippen LogP contribution in [0.15, 0.2) is 29.2 Å². The van der Waals surface area contributed by atoms with Gasteiger partial charge in [0, 0.05) is 13.1 Å². The van der Waals surface area contributed by atoms with Crippen LogP contribution in [0, 0.1) is 0 Å². The Bertz CT molecular complexity index is 799. The first-order chi connectivity index (χ1) is 13.0. The number of amides is 3. The third-order valence-electron chi connectivity index (χ3n) is 4.16. The van der Waals surface area contributed by atoms with E-state index in [9.17, 15) is 19.2 Å². The summed E-state index contributed by atoms with van der Waals surface area (Å²) in [5.41, 5.74) is 1.05. The molecule has 2 aliphatic heterocycles. The molecule has 3 rings (SSSR count). The maximum Gasteiger partial charge on any atom is 0.337 e. The minimum atomic E-state index is -0.497. The highest BCUT2D eigenvalue weighted by Gasteiger charge is 2.37. The molecular formula is C18H18N2O6S. The first-order valence-corrected chi connectivity index (χ1v) is 9.10. The molecule has 0 bridgehead atoms. The van der Waals surface area contributed by atoms with Crippen LogP contribution >= 0.6 is 11.8 Å². The molecule has 0 N–H and O–H groups in total. The van der Waals surface area contributed by atoms with Gasteiger partial charge in [-0.05, 0) is 35.5 Å². The van der Waals surface area contributed by atoms with E-state index in [-0.39, 0.29) is 17.4 Å². The van der Waals surface area contributed by atoms with Crippen LogP contribution in [0.4, 0.5) is 4.79 Å². The molecular weight excluding hydrogens is 372 g/mol. The number of morpholine rings is 1. The first-order valence-electron chi connectivity index (χ1n) is 8.29. The fraction of sp³-hybridized carbons (Fsp3) is 0.333. The van der Waals surface area contributed by atoms with Gasteiger partial charge >= 0.3 is 5.97 Å². The van der Waals surface area contributed by atoms with Gasteiger partial charge in [-0.1, -0.05) is 12.1 Å². The van der Waals surface area contributed by atoms with Gasteiger partial charge in [0.25, 0.3) is 11.1 Å². The normalized spacial score (nSPS) is 18.9. The Labute approximate surface area is 160 Å². The molecule has 0 atom stereocenters. The maximum absolute atomic E-state index is 12.5. The van der Waals surface area contributed by atoms with Crippen molar-refractivity contribution in [2.24, 2.45) is 0 Å². The molecule has 2 fully saturated rings. The number of carbonyl (C=O) groups is 4. The lowest BCUT2D eigenvalue weighted by atomic mass is 10.1. The molecule has 0 radical (unpaired) electrons. The molecule has 3 amide bonds. The van der Waals surface area contributed by atoms with Crippen LogP contribution < -0.4 is 0 Å². The number of methoxy groups -OCH3 is 1. The topological polar surface area (TPSA) is 93.2 Å². The van der Waals surface area contributed by atoms with Crippen molar-refractivity contribution in [3.05, 3.63) is 40.3 Å². The Hall–Kier alpha value is -2.65. The van der Waals surface area contributed by atoms with Gasteiger partial charge in [0.15, 0.2) is 0 Å². The zero-order chi connectivity index (χ0) is 19.4. The molecule has 2 aliphatic rings. The zero-order valence-electron chi connectivity index (χ0n) is 14.7. The fourth-order valence-electron chi connectivity index (χ4n) is 2.67. The predicted octanol–water partition coefficient (Wildman–Crippen LogP) is 1.37. The van der Waals surface area contributed by atoms with Gasteiger partial charge in [-0.3, -0.25) is 19.3 Å². The summed E-state index contributed by atoms with van der Waals surface area (Å²) in [4.78, 5) is 51.2. The van der Waals surface area contributed by atoms with Crippen LogP contribution in [0.5, 0.6) is 0 Å². The number of hydrogen-bond acceptors (Lipinski definition) is 7. The Morgan fingerprint density at radius 1 is 1.19 bits per heavy atom. The SMILES string of the molecule is COC(=O)c1ccc(/C=C2/SC(=O)N(CC(=O)N3CCOCC3)C2=O)cc1. The van der Waals surface area contributed by atoms with Crippen molar-refractivity contribution in [2.45, 2.75) is 0 Å². The molecule has 9 heteroatoms. The summed E-state index contributed by atoms with van der Waals surface area (Å²) in [5.74, 6) is -1.23. The highest BCUT2D eigenvalue weighted by atomic mass is 32.2. The number of thioether (sulfide) groups is 1. The van der Waals surface area contributed by atoms with Crippen molar-refractivity contribution in [1.82, 2.24) is 9.80 Å². The Morgan fingerprint density at radius 3 is 2.48 bits per heavy atom. The lowest BCUT2D eigenvalue weighted by Gasteiger charge is -2.28. The van der Waals surface area contributed by atoms with Crippen molar-refractivity contribution in [2.75, 3.05) is 40.0 Å². The minimum Gasteiger partial charge on any atom is -0.465 e. The number of imide groups is 1. The summed E-state index contributed by atoms with van der Waals surface area (Å²) < 4.78 is 9.83. The third kappa shape index (κ3) is 4.37. The summed E-state index contributed by atoms with van der Waals surface area (Å²) in [6.45, 7) is 1.54. The molecule has 27 heavy (non-hydrogen) atoms. The van der Waals surface area contributed by atoms with Crippen molar-refractivity contribution >= 4 is 40.9 Å². The van der Waals surface area contributed by atoms with Gasteiger partial charge in [0.05, 0.1) is 30.8 Å². The number of esters is 1. The van der Waals surface area contributed by atoms with Crippen molar-refractivity contribution < 1.29 is 28.7 Å². The summed E-state index contributed by atoms with van der Waals surface area (Å²) in [7, 11) is 1.30. The number of rotatable bonds is 4. The number of hydrogen-bond donors (Lipinski definition) is 0. The quantitative estimate of drug-likeness (QED) is 0.566. The van der Waals surface area contributed by atoms with E-state index >= 15 is 0 Å². The first kappa shape index (κ1) is 19.1. The lowest BCUT2D eigenvalue weighted by Crippen LogP contribution is -2.46. The Kier molecular flexibility index (Phi) is 5.92. The standard InChI is InChI=1S/C18H18N2O6S/c1-25-17(23)13-4-2-12(3-5-13)10-14-16(22)20(18(24)27-14)11-15(21)19-6-8-26-9-7-19/h2-5,10H,6-9,11H2,1H3/b14-10+. The van der Waals surface area contributed by atoms with Gasteiger partial charge in [0.1, 0.15) is 6.54 Å². The molecule has 0 unspecified atom stereocenters. The van der Waals surface area contributed by atoms with Crippen LogP contribution in [0.3, 0.4) is 0 Å². The lowest BCUT2D eigenvalue weighted by molar-refractivity contribution is -0.139. The number of benzene rings is 1. The van der Waals surface area contributed by atoms with E-state index in [0.717, 1.165) is 16.7 Å². The molecule has 0 aliphatic carbocycles. The number of carbonyl (C=O) groups excluding carboxylic acids is 4. The molecule has 142 valence electrons. The van der Waals surface area contributed by atoms with Crippen LogP contribution in [-0.2, 0) is 19.1 Å². The van der Waals surface area contributed by atoms with Gasteiger partial charge in [-0.25, -0.2) is 4.79 Å². The molecule has 0 saturated carbocycles. The molecule has 0 aromatic heterocycles. The summed E-state index contributed by atoms with van der Waals surface area (Å²) in [5, 5.41) is -0.473.